The van der Waals surface area contributed by atoms with Crippen LogP contribution >= 0.6 is 0 Å². The van der Waals surface area contributed by atoms with Crippen LogP contribution in [0.2, 0.25) is 0 Å². The van der Waals surface area contributed by atoms with Crippen molar-refractivity contribution in [2.75, 3.05) is 10.6 Å². The summed E-state index contributed by atoms with van der Waals surface area (Å²) in [5.74, 6) is 0.210. The first kappa shape index (κ1) is 19.3. The van der Waals surface area contributed by atoms with E-state index in [1.165, 1.54) is 6.33 Å². The van der Waals surface area contributed by atoms with Crippen molar-refractivity contribution in [2.24, 2.45) is 0 Å². The lowest BCUT2D eigenvalue weighted by Gasteiger charge is -2.12. The topological polar surface area (TPSA) is 106 Å². The molecule has 0 bridgehead atoms. The number of fused-ring (bicyclic) bond motifs is 1. The maximum absolute atomic E-state index is 11.9. The maximum atomic E-state index is 11.9. The van der Waals surface area contributed by atoms with Crippen molar-refractivity contribution in [1.82, 2.24) is 15.0 Å². The Kier molecular flexibility index (Phi) is 4.97. The zero-order valence-corrected chi connectivity index (χ0v) is 16.8. The van der Waals surface area contributed by atoms with Gasteiger partial charge in [0.05, 0.1) is 16.1 Å². The predicted octanol–water partition coefficient (Wildman–Crippen LogP) is 5.35. The minimum atomic E-state index is -0.491. The standard InChI is InChI=1S/C22H20N6O2/c1-13-7-10-17(11-14(13)2)26-21-20(28(29)30)22(24-12-23-21)27-18-6-4-5-16-9-8-15(3)25-19(16)18/h4-12H,1-3H3,(H2,23,24,26,27). The van der Waals surface area contributed by atoms with E-state index >= 15 is 0 Å². The van der Waals surface area contributed by atoms with Gasteiger partial charge in [0.15, 0.2) is 0 Å². The number of aryl methyl sites for hydroxylation is 3. The number of nitrogens with zero attached hydrogens (tertiary/aromatic N) is 4. The summed E-state index contributed by atoms with van der Waals surface area (Å²) in [5, 5.41) is 18.9. The number of hydrogen-bond donors (Lipinski definition) is 2. The van der Waals surface area contributed by atoms with Crippen LogP contribution in [-0.4, -0.2) is 19.9 Å². The summed E-state index contributed by atoms with van der Waals surface area (Å²) in [4.78, 5) is 24.2. The lowest BCUT2D eigenvalue weighted by Crippen LogP contribution is -2.06. The second-order valence-electron chi connectivity index (χ2n) is 7.06. The molecule has 2 N–H and O–H groups in total. The molecular formula is C22H20N6O2. The first-order valence-electron chi connectivity index (χ1n) is 9.39. The molecule has 2 aromatic carbocycles. The quantitative estimate of drug-likeness (QED) is 0.344. The Labute approximate surface area is 173 Å². The Morgan fingerprint density at radius 3 is 2.40 bits per heavy atom. The summed E-state index contributed by atoms with van der Waals surface area (Å²) in [6.45, 7) is 5.89. The number of aromatic nitrogens is 3. The van der Waals surface area contributed by atoms with Crippen LogP contribution in [0.1, 0.15) is 16.8 Å². The number of anilines is 4. The van der Waals surface area contributed by atoms with Crippen molar-refractivity contribution in [3.63, 3.8) is 0 Å². The molecule has 0 atom stereocenters. The molecule has 4 aromatic rings. The Hall–Kier alpha value is -4.07. The van der Waals surface area contributed by atoms with E-state index in [9.17, 15) is 10.1 Å². The molecule has 0 aliphatic carbocycles. The molecule has 0 amide bonds. The van der Waals surface area contributed by atoms with Crippen LogP contribution in [0.4, 0.5) is 28.7 Å². The number of para-hydroxylation sites is 1. The molecular weight excluding hydrogens is 380 g/mol. The smallest absolute Gasteiger partial charge is 0.334 e. The fourth-order valence-electron chi connectivity index (χ4n) is 3.16. The molecule has 0 radical (unpaired) electrons. The first-order valence-corrected chi connectivity index (χ1v) is 9.39. The van der Waals surface area contributed by atoms with E-state index in [4.69, 9.17) is 0 Å². The van der Waals surface area contributed by atoms with Gasteiger partial charge in [0.2, 0.25) is 11.6 Å². The Balaban J connectivity index is 1.76. The molecule has 8 nitrogen and oxygen atoms in total. The van der Waals surface area contributed by atoms with Gasteiger partial charge >= 0.3 is 5.69 Å². The van der Waals surface area contributed by atoms with Crippen molar-refractivity contribution >= 4 is 39.6 Å². The summed E-state index contributed by atoms with van der Waals surface area (Å²) in [6, 6.07) is 15.2. The zero-order chi connectivity index (χ0) is 21.3. The van der Waals surface area contributed by atoms with Crippen molar-refractivity contribution in [3.8, 4) is 0 Å². The molecule has 0 fully saturated rings. The molecule has 150 valence electrons. The van der Waals surface area contributed by atoms with Crippen LogP contribution in [0.15, 0.2) is 54.9 Å². The molecule has 2 aromatic heterocycles. The summed E-state index contributed by atoms with van der Waals surface area (Å²) < 4.78 is 0. The van der Waals surface area contributed by atoms with Crippen LogP contribution in [0, 0.1) is 30.9 Å². The van der Waals surface area contributed by atoms with Crippen LogP contribution in [0.25, 0.3) is 10.9 Å². The second kappa shape index (κ2) is 7.75. The molecule has 8 heteroatoms. The van der Waals surface area contributed by atoms with Gasteiger partial charge in [0.25, 0.3) is 0 Å². The fourth-order valence-corrected chi connectivity index (χ4v) is 3.16. The number of rotatable bonds is 5. The van der Waals surface area contributed by atoms with E-state index in [0.717, 1.165) is 22.2 Å². The van der Waals surface area contributed by atoms with E-state index in [1.54, 1.807) is 0 Å². The minimum Gasteiger partial charge on any atom is -0.334 e. The largest absolute Gasteiger partial charge is 0.353 e. The van der Waals surface area contributed by atoms with Crippen molar-refractivity contribution < 1.29 is 4.92 Å². The van der Waals surface area contributed by atoms with Gasteiger partial charge in [-0.1, -0.05) is 24.3 Å². The highest BCUT2D eigenvalue weighted by Gasteiger charge is 2.24. The van der Waals surface area contributed by atoms with Gasteiger partial charge < -0.3 is 10.6 Å². The first-order chi connectivity index (χ1) is 14.4. The molecule has 4 rings (SSSR count). The predicted molar refractivity (Wildman–Crippen MR) is 118 cm³/mol. The van der Waals surface area contributed by atoms with Crippen LogP contribution in [0.5, 0.6) is 0 Å². The van der Waals surface area contributed by atoms with E-state index in [1.807, 2.05) is 69.3 Å². The van der Waals surface area contributed by atoms with Gasteiger partial charge in [0, 0.05) is 16.8 Å². The molecule has 0 aliphatic heterocycles. The number of pyridine rings is 1. The van der Waals surface area contributed by atoms with Crippen molar-refractivity contribution in [3.05, 3.63) is 81.8 Å². The van der Waals surface area contributed by atoms with Crippen LogP contribution in [0.3, 0.4) is 0 Å². The maximum Gasteiger partial charge on any atom is 0.353 e. The summed E-state index contributed by atoms with van der Waals surface area (Å²) in [6.07, 6.45) is 1.29. The Morgan fingerprint density at radius 1 is 0.900 bits per heavy atom. The molecule has 0 unspecified atom stereocenters. The van der Waals surface area contributed by atoms with Gasteiger partial charge in [-0.2, -0.15) is 0 Å². The van der Waals surface area contributed by atoms with Crippen molar-refractivity contribution in [1.29, 1.82) is 0 Å². The summed E-state index contributed by atoms with van der Waals surface area (Å²) in [7, 11) is 0. The van der Waals surface area contributed by atoms with Gasteiger partial charge in [0.1, 0.15) is 6.33 Å². The monoisotopic (exact) mass is 400 g/mol. The number of benzene rings is 2. The molecule has 0 aliphatic rings. The zero-order valence-electron chi connectivity index (χ0n) is 16.8. The summed E-state index contributed by atoms with van der Waals surface area (Å²) >= 11 is 0. The number of hydrogen-bond acceptors (Lipinski definition) is 7. The third-order valence-electron chi connectivity index (χ3n) is 4.89. The minimum absolute atomic E-state index is 0.0946. The van der Waals surface area contributed by atoms with Gasteiger partial charge in [-0.15, -0.1) is 0 Å². The van der Waals surface area contributed by atoms with Crippen LogP contribution in [-0.2, 0) is 0 Å². The molecule has 0 spiro atoms. The Bertz CT molecular complexity index is 1270. The third-order valence-corrected chi connectivity index (χ3v) is 4.89. The van der Waals surface area contributed by atoms with E-state index < -0.39 is 4.92 Å². The highest BCUT2D eigenvalue weighted by atomic mass is 16.6. The Morgan fingerprint density at radius 2 is 1.67 bits per heavy atom. The van der Waals surface area contributed by atoms with Gasteiger partial charge in [-0.25, -0.2) is 9.97 Å². The van der Waals surface area contributed by atoms with Crippen LogP contribution < -0.4 is 10.6 Å². The highest BCUT2D eigenvalue weighted by molar-refractivity contribution is 5.93. The van der Waals surface area contributed by atoms with Gasteiger partial charge in [-0.05, 0) is 56.2 Å². The second-order valence-corrected chi connectivity index (χ2v) is 7.06. The SMILES string of the molecule is Cc1ccc2cccc(Nc3ncnc(Nc4ccc(C)c(C)c4)c3[N+](=O)[O-])c2n1. The average molecular weight is 400 g/mol. The van der Waals surface area contributed by atoms with Crippen molar-refractivity contribution in [2.45, 2.75) is 20.8 Å². The average Bonchev–Trinajstić information content (AvgIpc) is 2.71. The molecule has 2 heterocycles. The fraction of sp³-hybridized carbons (Fsp3) is 0.136. The number of nitro groups is 1. The normalized spacial score (nSPS) is 10.8. The highest BCUT2D eigenvalue weighted by Crippen LogP contribution is 2.34. The number of nitrogens with one attached hydrogen (secondary N) is 2. The molecule has 30 heavy (non-hydrogen) atoms. The van der Waals surface area contributed by atoms with E-state index in [-0.39, 0.29) is 17.3 Å². The molecule has 0 saturated carbocycles. The third kappa shape index (κ3) is 3.75. The van der Waals surface area contributed by atoms with E-state index in [0.29, 0.717) is 16.9 Å². The lowest BCUT2D eigenvalue weighted by atomic mass is 10.1. The summed E-state index contributed by atoms with van der Waals surface area (Å²) in [5.41, 5.74) is 4.90. The van der Waals surface area contributed by atoms with E-state index in [2.05, 4.69) is 25.6 Å². The molecule has 0 saturated heterocycles. The van der Waals surface area contributed by atoms with Gasteiger partial charge in [-0.3, -0.25) is 15.1 Å². The lowest BCUT2D eigenvalue weighted by molar-refractivity contribution is -0.383.